The van der Waals surface area contributed by atoms with Gasteiger partial charge in [0.2, 0.25) is 0 Å². The summed E-state index contributed by atoms with van der Waals surface area (Å²) in [4.78, 5) is 14.6. The van der Waals surface area contributed by atoms with Gasteiger partial charge in [0.25, 0.3) is 5.91 Å². The van der Waals surface area contributed by atoms with Crippen LogP contribution in [0.5, 0.6) is 0 Å². The molecule has 0 spiro atoms. The Bertz CT molecular complexity index is 503. The van der Waals surface area contributed by atoms with E-state index in [0.29, 0.717) is 0 Å². The van der Waals surface area contributed by atoms with E-state index >= 15 is 0 Å². The van der Waals surface area contributed by atoms with E-state index in [9.17, 15) is 4.79 Å². The van der Waals surface area contributed by atoms with Gasteiger partial charge in [0.15, 0.2) is 0 Å². The molecule has 1 N–H and O–H groups in total. The third kappa shape index (κ3) is 7.67. The molecule has 1 aromatic carbocycles. The first-order valence-electron chi connectivity index (χ1n) is 10.3. The average Bonchev–Trinajstić information content (AvgIpc) is 2.64. The van der Waals surface area contributed by atoms with Crippen LogP contribution in [0, 0.1) is 0 Å². The zero-order valence-electron chi connectivity index (χ0n) is 16.6. The lowest BCUT2D eigenvalue weighted by Crippen LogP contribution is -2.52. The number of benzene rings is 1. The Hall–Kier alpha value is -1.06. The average molecular weight is 381 g/mol. The Morgan fingerprint density at radius 2 is 1.65 bits per heavy atom. The second-order valence-electron chi connectivity index (χ2n) is 7.47. The first-order valence-corrected chi connectivity index (χ1v) is 10.3. The van der Waals surface area contributed by atoms with Gasteiger partial charge in [0.05, 0.1) is 0 Å². The Labute approximate surface area is 166 Å². The van der Waals surface area contributed by atoms with E-state index in [1.807, 2.05) is 17.0 Å². The number of halogens is 1. The van der Waals surface area contributed by atoms with E-state index in [4.69, 9.17) is 0 Å². The third-order valence-electron chi connectivity index (χ3n) is 5.28. The molecule has 1 fully saturated rings. The van der Waals surface area contributed by atoms with E-state index < -0.39 is 0 Å². The molecule has 2 rings (SSSR count). The number of aryl methyl sites for hydroxylation is 1. The van der Waals surface area contributed by atoms with Gasteiger partial charge >= 0.3 is 0 Å². The van der Waals surface area contributed by atoms with Crippen LogP contribution in [0.15, 0.2) is 24.3 Å². The van der Waals surface area contributed by atoms with Crippen molar-refractivity contribution in [1.29, 1.82) is 0 Å². The van der Waals surface area contributed by atoms with Crippen molar-refractivity contribution in [3.05, 3.63) is 35.4 Å². The largest absolute Gasteiger partial charge is 0.333 e. The van der Waals surface area contributed by atoms with Crippen LogP contribution >= 0.6 is 12.4 Å². The molecule has 3 nitrogen and oxygen atoms in total. The normalized spacial score (nSPS) is 17.0. The number of carbonyl (C=O) groups is 1. The zero-order chi connectivity index (χ0) is 17.9. The van der Waals surface area contributed by atoms with Crippen molar-refractivity contribution in [3.63, 3.8) is 0 Å². The summed E-state index contributed by atoms with van der Waals surface area (Å²) in [6.07, 6.45) is 12.0. The molecule has 1 heterocycles. The van der Waals surface area contributed by atoms with Gasteiger partial charge in [-0.2, -0.15) is 0 Å². The van der Waals surface area contributed by atoms with Gasteiger partial charge in [0.1, 0.15) is 0 Å². The quantitative estimate of drug-likeness (QED) is 0.564. The highest BCUT2D eigenvalue weighted by Crippen LogP contribution is 2.14. The Kier molecular flexibility index (Phi) is 11.6. The number of hydrogen-bond donors (Lipinski definition) is 1. The predicted octanol–water partition coefficient (Wildman–Crippen LogP) is 5.23. The fraction of sp³-hybridized carbons (Fsp3) is 0.682. The highest BCUT2D eigenvalue weighted by molar-refractivity contribution is 5.94. The Balaban J connectivity index is 0.00000338. The number of piperazine rings is 1. The smallest absolute Gasteiger partial charge is 0.254 e. The number of unbranched alkanes of at least 4 members (excludes halogenated alkanes) is 7. The van der Waals surface area contributed by atoms with Gasteiger partial charge in [-0.25, -0.2) is 0 Å². The summed E-state index contributed by atoms with van der Waals surface area (Å²) < 4.78 is 0. The SMILES string of the molecule is CCCCCCCCCCc1ccc(C(=O)N2CCNCC2C)cc1.Cl. The summed E-state index contributed by atoms with van der Waals surface area (Å²) in [6, 6.07) is 8.58. The molecular weight excluding hydrogens is 344 g/mol. The lowest BCUT2D eigenvalue weighted by molar-refractivity contribution is 0.0656. The molecule has 1 aromatic rings. The van der Waals surface area contributed by atoms with Crippen molar-refractivity contribution in [2.45, 2.75) is 77.7 Å². The van der Waals surface area contributed by atoms with Gasteiger partial charge in [-0.3, -0.25) is 4.79 Å². The molecule has 1 unspecified atom stereocenters. The van der Waals surface area contributed by atoms with Crippen LogP contribution in [-0.4, -0.2) is 36.5 Å². The van der Waals surface area contributed by atoms with E-state index in [0.717, 1.165) is 31.6 Å². The van der Waals surface area contributed by atoms with Crippen LogP contribution < -0.4 is 5.32 Å². The summed E-state index contributed by atoms with van der Waals surface area (Å²) in [5.41, 5.74) is 2.18. The number of nitrogens with zero attached hydrogens (tertiary/aromatic N) is 1. The van der Waals surface area contributed by atoms with Crippen molar-refractivity contribution < 1.29 is 4.79 Å². The standard InChI is InChI=1S/C22H36N2O.ClH/c1-3-4-5-6-7-8-9-10-11-20-12-14-21(15-13-20)22(25)24-17-16-23-18-19(24)2;/h12-15,19,23H,3-11,16-18H2,1-2H3;1H. The summed E-state index contributed by atoms with van der Waals surface area (Å²) in [7, 11) is 0. The topological polar surface area (TPSA) is 32.3 Å². The lowest BCUT2D eigenvalue weighted by Gasteiger charge is -2.34. The van der Waals surface area contributed by atoms with Crippen LogP contribution in [0.3, 0.4) is 0 Å². The van der Waals surface area contributed by atoms with Crippen LogP contribution in [0.4, 0.5) is 0 Å². The number of nitrogens with one attached hydrogen (secondary N) is 1. The highest BCUT2D eigenvalue weighted by atomic mass is 35.5. The molecule has 0 aromatic heterocycles. The summed E-state index contributed by atoms with van der Waals surface area (Å²) in [5.74, 6) is 0.174. The van der Waals surface area contributed by atoms with Crippen molar-refractivity contribution in [2.75, 3.05) is 19.6 Å². The van der Waals surface area contributed by atoms with Gasteiger partial charge in [0, 0.05) is 31.2 Å². The fourth-order valence-electron chi connectivity index (χ4n) is 3.59. The molecule has 0 saturated carbocycles. The molecule has 148 valence electrons. The van der Waals surface area contributed by atoms with Crippen molar-refractivity contribution in [1.82, 2.24) is 10.2 Å². The number of hydrogen-bond acceptors (Lipinski definition) is 2. The third-order valence-corrected chi connectivity index (χ3v) is 5.28. The lowest BCUT2D eigenvalue weighted by atomic mass is 10.0. The van der Waals surface area contributed by atoms with Crippen LogP contribution in [0.2, 0.25) is 0 Å². The molecule has 1 amide bonds. The first-order chi connectivity index (χ1) is 12.2. The number of amides is 1. The molecule has 1 saturated heterocycles. The molecule has 4 heteroatoms. The second-order valence-corrected chi connectivity index (χ2v) is 7.47. The monoisotopic (exact) mass is 380 g/mol. The minimum absolute atomic E-state index is 0. The van der Waals surface area contributed by atoms with Crippen molar-refractivity contribution in [2.24, 2.45) is 0 Å². The van der Waals surface area contributed by atoms with Gasteiger partial charge in [-0.15, -0.1) is 12.4 Å². The van der Waals surface area contributed by atoms with Crippen LogP contribution in [0.25, 0.3) is 0 Å². The van der Waals surface area contributed by atoms with Crippen LogP contribution in [-0.2, 0) is 6.42 Å². The summed E-state index contributed by atoms with van der Waals surface area (Å²) in [5, 5.41) is 3.33. The number of rotatable bonds is 10. The van der Waals surface area contributed by atoms with Gasteiger partial charge < -0.3 is 10.2 Å². The van der Waals surface area contributed by atoms with Gasteiger partial charge in [-0.05, 0) is 37.5 Å². The summed E-state index contributed by atoms with van der Waals surface area (Å²) in [6.45, 7) is 6.97. The molecule has 0 radical (unpaired) electrons. The minimum Gasteiger partial charge on any atom is -0.333 e. The molecule has 0 bridgehead atoms. The first kappa shape index (κ1) is 23.0. The Morgan fingerprint density at radius 1 is 1.04 bits per heavy atom. The Morgan fingerprint density at radius 3 is 2.27 bits per heavy atom. The molecule has 26 heavy (non-hydrogen) atoms. The predicted molar refractivity (Wildman–Crippen MR) is 113 cm³/mol. The maximum atomic E-state index is 12.6. The van der Waals surface area contributed by atoms with Crippen LogP contribution in [0.1, 0.15) is 81.1 Å². The van der Waals surface area contributed by atoms with Crippen molar-refractivity contribution >= 4 is 18.3 Å². The molecular formula is C22H37ClN2O. The maximum absolute atomic E-state index is 12.6. The maximum Gasteiger partial charge on any atom is 0.254 e. The fourth-order valence-corrected chi connectivity index (χ4v) is 3.59. The molecule has 0 aliphatic carbocycles. The highest BCUT2D eigenvalue weighted by Gasteiger charge is 2.23. The van der Waals surface area contributed by atoms with E-state index in [-0.39, 0.29) is 24.4 Å². The second kappa shape index (κ2) is 13.2. The van der Waals surface area contributed by atoms with Gasteiger partial charge in [-0.1, -0.05) is 64.0 Å². The molecule has 1 aliphatic rings. The molecule has 1 aliphatic heterocycles. The van der Waals surface area contributed by atoms with E-state index in [1.54, 1.807) is 0 Å². The minimum atomic E-state index is 0. The van der Waals surface area contributed by atoms with E-state index in [1.165, 1.54) is 56.9 Å². The number of carbonyl (C=O) groups excluding carboxylic acids is 1. The summed E-state index contributed by atoms with van der Waals surface area (Å²) >= 11 is 0. The van der Waals surface area contributed by atoms with E-state index in [2.05, 4.69) is 31.3 Å². The zero-order valence-corrected chi connectivity index (χ0v) is 17.5. The molecule has 1 atom stereocenters. The van der Waals surface area contributed by atoms with Crippen molar-refractivity contribution in [3.8, 4) is 0 Å².